The standard InChI is InChI=1S/C13H22N2O3S2/c1-10(16)14-5-6-15(13(19)20)11(9-14)3-4-12-17-7-2-8-18-12/h11-12H,2-9H2,1H3,(H,19,20). The smallest absolute Gasteiger partial charge is 0.219 e. The number of thiocarbonyl (C=S) groups is 1. The lowest BCUT2D eigenvalue weighted by atomic mass is 10.1. The molecule has 1 atom stereocenters. The molecule has 0 radical (unpaired) electrons. The molecular weight excluding hydrogens is 296 g/mol. The minimum Gasteiger partial charge on any atom is -0.353 e. The molecule has 0 aliphatic carbocycles. The van der Waals surface area contributed by atoms with Gasteiger partial charge >= 0.3 is 0 Å². The molecule has 0 saturated carbocycles. The minimum atomic E-state index is -0.119. The van der Waals surface area contributed by atoms with Crippen molar-refractivity contribution < 1.29 is 14.3 Å². The Kier molecular flexibility index (Phi) is 6.07. The van der Waals surface area contributed by atoms with Crippen LogP contribution >= 0.6 is 24.8 Å². The van der Waals surface area contributed by atoms with Gasteiger partial charge in [0.2, 0.25) is 5.91 Å². The van der Waals surface area contributed by atoms with Gasteiger partial charge < -0.3 is 19.3 Å². The Bertz CT molecular complexity index is 362. The van der Waals surface area contributed by atoms with Crippen LogP contribution in [0.5, 0.6) is 0 Å². The van der Waals surface area contributed by atoms with Crippen molar-refractivity contribution >= 4 is 35.1 Å². The van der Waals surface area contributed by atoms with E-state index in [1.54, 1.807) is 6.92 Å². The Morgan fingerprint density at radius 3 is 2.60 bits per heavy atom. The van der Waals surface area contributed by atoms with Crippen LogP contribution in [0.2, 0.25) is 0 Å². The van der Waals surface area contributed by atoms with Crippen LogP contribution in [0.3, 0.4) is 0 Å². The predicted molar refractivity (Wildman–Crippen MR) is 83.9 cm³/mol. The molecule has 0 aromatic rings. The van der Waals surface area contributed by atoms with Crippen molar-refractivity contribution in [2.75, 3.05) is 32.8 Å². The monoisotopic (exact) mass is 318 g/mol. The lowest BCUT2D eigenvalue weighted by Gasteiger charge is -2.42. The van der Waals surface area contributed by atoms with Crippen LogP contribution < -0.4 is 0 Å². The van der Waals surface area contributed by atoms with E-state index >= 15 is 0 Å². The summed E-state index contributed by atoms with van der Waals surface area (Å²) in [6.07, 6.45) is 2.55. The number of rotatable bonds is 3. The molecule has 2 aliphatic rings. The van der Waals surface area contributed by atoms with Gasteiger partial charge in [0.25, 0.3) is 0 Å². The maximum Gasteiger partial charge on any atom is 0.219 e. The van der Waals surface area contributed by atoms with E-state index in [4.69, 9.17) is 21.7 Å². The molecule has 0 N–H and O–H groups in total. The molecule has 0 spiro atoms. The highest BCUT2D eigenvalue weighted by atomic mass is 32.1. The number of hydrogen-bond acceptors (Lipinski definition) is 4. The van der Waals surface area contributed by atoms with Gasteiger partial charge in [0.05, 0.1) is 13.2 Å². The molecule has 2 heterocycles. The SMILES string of the molecule is CC(=O)N1CCN(C(=S)S)C(CCC2OCCCO2)C1. The van der Waals surface area contributed by atoms with E-state index in [9.17, 15) is 4.79 Å². The predicted octanol–water partition coefficient (Wildman–Crippen LogP) is 1.28. The molecule has 2 aliphatic heterocycles. The first kappa shape index (κ1) is 16.0. The van der Waals surface area contributed by atoms with Gasteiger partial charge in [-0.2, -0.15) is 0 Å². The van der Waals surface area contributed by atoms with E-state index in [-0.39, 0.29) is 18.2 Å². The first-order valence-electron chi connectivity index (χ1n) is 7.06. The fraction of sp³-hybridized carbons (Fsp3) is 0.846. The molecule has 1 unspecified atom stereocenters. The summed E-state index contributed by atoms with van der Waals surface area (Å²) < 4.78 is 11.7. The number of thiol groups is 1. The molecule has 2 rings (SSSR count). The van der Waals surface area contributed by atoms with Gasteiger partial charge in [-0.05, 0) is 12.8 Å². The lowest BCUT2D eigenvalue weighted by Crippen LogP contribution is -2.55. The van der Waals surface area contributed by atoms with Crippen molar-refractivity contribution in [2.24, 2.45) is 0 Å². The molecule has 0 aromatic carbocycles. The van der Waals surface area contributed by atoms with Gasteiger partial charge in [-0.3, -0.25) is 4.79 Å². The highest BCUT2D eigenvalue weighted by Gasteiger charge is 2.29. The Hall–Kier alpha value is -0.370. The Morgan fingerprint density at radius 2 is 2.00 bits per heavy atom. The summed E-state index contributed by atoms with van der Waals surface area (Å²) in [6, 6.07) is 0.201. The quantitative estimate of drug-likeness (QED) is 0.627. The van der Waals surface area contributed by atoms with Crippen molar-refractivity contribution in [1.82, 2.24) is 9.80 Å². The van der Waals surface area contributed by atoms with E-state index in [1.807, 2.05) is 4.90 Å². The second kappa shape index (κ2) is 7.59. The zero-order valence-corrected chi connectivity index (χ0v) is 13.5. The van der Waals surface area contributed by atoms with Crippen molar-refractivity contribution in [1.29, 1.82) is 0 Å². The van der Waals surface area contributed by atoms with Gasteiger partial charge in [0, 0.05) is 39.0 Å². The zero-order chi connectivity index (χ0) is 14.5. The van der Waals surface area contributed by atoms with Crippen LogP contribution in [0.1, 0.15) is 26.2 Å². The summed E-state index contributed by atoms with van der Waals surface area (Å²) in [4.78, 5) is 15.5. The molecule has 2 saturated heterocycles. The summed E-state index contributed by atoms with van der Waals surface area (Å²) in [6.45, 7) is 5.30. The fourth-order valence-corrected chi connectivity index (χ4v) is 3.18. The van der Waals surface area contributed by atoms with Crippen LogP contribution in [0, 0.1) is 0 Å². The molecule has 114 valence electrons. The number of hydrogen-bond donors (Lipinski definition) is 1. The normalized spacial score (nSPS) is 24.8. The summed E-state index contributed by atoms with van der Waals surface area (Å²) in [5.74, 6) is 0.116. The van der Waals surface area contributed by atoms with Crippen molar-refractivity contribution in [3.05, 3.63) is 0 Å². The van der Waals surface area contributed by atoms with Crippen molar-refractivity contribution in [3.63, 3.8) is 0 Å². The van der Waals surface area contributed by atoms with Crippen LogP contribution in [-0.2, 0) is 14.3 Å². The first-order valence-corrected chi connectivity index (χ1v) is 7.91. The Balaban J connectivity index is 1.89. The Morgan fingerprint density at radius 1 is 1.30 bits per heavy atom. The number of piperazine rings is 1. The van der Waals surface area contributed by atoms with E-state index < -0.39 is 0 Å². The zero-order valence-electron chi connectivity index (χ0n) is 11.8. The van der Waals surface area contributed by atoms with Gasteiger partial charge in [0.15, 0.2) is 6.29 Å². The molecule has 0 aromatic heterocycles. The average Bonchev–Trinajstić information content (AvgIpc) is 2.45. The summed E-state index contributed by atoms with van der Waals surface area (Å²) >= 11 is 9.48. The van der Waals surface area contributed by atoms with Gasteiger partial charge in [0.1, 0.15) is 4.32 Å². The lowest BCUT2D eigenvalue weighted by molar-refractivity contribution is -0.183. The second-order valence-electron chi connectivity index (χ2n) is 5.20. The largest absolute Gasteiger partial charge is 0.353 e. The third kappa shape index (κ3) is 4.31. The summed E-state index contributed by atoms with van der Waals surface area (Å²) in [5.41, 5.74) is 0. The fourth-order valence-electron chi connectivity index (χ4n) is 2.67. The van der Waals surface area contributed by atoms with E-state index in [0.717, 1.165) is 39.0 Å². The number of ether oxygens (including phenoxy) is 2. The highest BCUT2D eigenvalue weighted by molar-refractivity contribution is 8.10. The molecule has 7 heteroatoms. The van der Waals surface area contributed by atoms with Crippen LogP contribution in [-0.4, -0.2) is 65.2 Å². The second-order valence-corrected chi connectivity index (χ2v) is 6.31. The molecule has 1 amide bonds. The average molecular weight is 318 g/mol. The highest BCUT2D eigenvalue weighted by Crippen LogP contribution is 2.20. The maximum atomic E-state index is 11.5. The van der Waals surface area contributed by atoms with Crippen LogP contribution in [0.4, 0.5) is 0 Å². The number of amides is 1. The third-order valence-corrected chi connectivity index (χ3v) is 4.30. The topological polar surface area (TPSA) is 42.0 Å². The molecule has 5 nitrogen and oxygen atoms in total. The summed E-state index contributed by atoms with van der Waals surface area (Å²) in [5, 5.41) is 0. The van der Waals surface area contributed by atoms with Gasteiger partial charge in [-0.1, -0.05) is 12.2 Å². The summed E-state index contributed by atoms with van der Waals surface area (Å²) in [7, 11) is 0. The van der Waals surface area contributed by atoms with Crippen LogP contribution in [0.15, 0.2) is 0 Å². The van der Waals surface area contributed by atoms with Crippen molar-refractivity contribution in [3.8, 4) is 0 Å². The van der Waals surface area contributed by atoms with Crippen molar-refractivity contribution in [2.45, 2.75) is 38.5 Å². The molecular formula is C13H22N2O3S2. The number of carbonyl (C=O) groups is 1. The number of nitrogens with zero attached hydrogens (tertiary/aromatic N) is 2. The third-order valence-electron chi connectivity index (χ3n) is 3.81. The van der Waals surface area contributed by atoms with Crippen LogP contribution in [0.25, 0.3) is 0 Å². The van der Waals surface area contributed by atoms with Gasteiger partial charge in [-0.25, -0.2) is 0 Å². The molecule has 20 heavy (non-hydrogen) atoms. The van der Waals surface area contributed by atoms with E-state index in [0.29, 0.717) is 17.4 Å². The van der Waals surface area contributed by atoms with Gasteiger partial charge in [-0.15, -0.1) is 12.6 Å². The molecule has 2 fully saturated rings. The molecule has 0 bridgehead atoms. The van der Waals surface area contributed by atoms with E-state index in [2.05, 4.69) is 17.5 Å². The first-order chi connectivity index (χ1) is 9.58. The minimum absolute atomic E-state index is 0.116. The Labute approximate surface area is 131 Å². The number of carbonyl (C=O) groups excluding carboxylic acids is 1. The van der Waals surface area contributed by atoms with E-state index in [1.165, 1.54) is 0 Å². The maximum absolute atomic E-state index is 11.5.